The summed E-state index contributed by atoms with van der Waals surface area (Å²) in [5, 5.41) is 10.4. The van der Waals surface area contributed by atoms with Crippen molar-refractivity contribution in [2.75, 3.05) is 0 Å². The molecule has 19 heavy (non-hydrogen) atoms. The van der Waals surface area contributed by atoms with Crippen LogP contribution in [0.15, 0.2) is 6.07 Å². The second-order valence-electron chi connectivity index (χ2n) is 2.95. The normalized spacial score (nSPS) is 12.4. The van der Waals surface area contributed by atoms with E-state index >= 15 is 0 Å². The van der Waals surface area contributed by atoms with Crippen molar-refractivity contribution in [1.29, 1.82) is 0 Å². The summed E-state index contributed by atoms with van der Waals surface area (Å²) in [6, 6.07) is -0.111. The fourth-order valence-electron chi connectivity index (χ4n) is 1.01. The molecule has 0 fully saturated rings. The standard InChI is InChI=1S/C7HF6IN2O3/c8-6(9,10)2-1-3(19-7(11,12)13)4(14)15-5(2)16(17)18/h1H. The lowest BCUT2D eigenvalue weighted by atomic mass is 10.2. The van der Waals surface area contributed by atoms with Crippen LogP contribution in [0.4, 0.5) is 32.2 Å². The van der Waals surface area contributed by atoms with E-state index in [9.17, 15) is 36.5 Å². The number of hydrogen-bond acceptors (Lipinski definition) is 4. The molecule has 1 aromatic rings. The van der Waals surface area contributed by atoms with Gasteiger partial charge in [0.2, 0.25) is 0 Å². The predicted molar refractivity (Wildman–Crippen MR) is 55.3 cm³/mol. The first kappa shape index (κ1) is 15.7. The Labute approximate surface area is 113 Å². The molecule has 0 unspecified atom stereocenters. The molecule has 12 heteroatoms. The molecule has 0 aliphatic carbocycles. The van der Waals surface area contributed by atoms with E-state index in [0.29, 0.717) is 0 Å². The van der Waals surface area contributed by atoms with Crippen molar-refractivity contribution in [2.24, 2.45) is 0 Å². The van der Waals surface area contributed by atoms with Crippen LogP contribution in [0.3, 0.4) is 0 Å². The lowest BCUT2D eigenvalue weighted by Gasteiger charge is -2.11. The van der Waals surface area contributed by atoms with Gasteiger partial charge in [-0.15, -0.1) is 13.2 Å². The Morgan fingerprint density at radius 3 is 2.16 bits per heavy atom. The topological polar surface area (TPSA) is 65.3 Å². The fourth-order valence-corrected chi connectivity index (χ4v) is 1.50. The van der Waals surface area contributed by atoms with Crippen LogP contribution < -0.4 is 4.74 Å². The number of nitro groups is 1. The number of hydrogen-bond donors (Lipinski definition) is 0. The number of rotatable bonds is 2. The van der Waals surface area contributed by atoms with Crippen molar-refractivity contribution < 1.29 is 36.0 Å². The van der Waals surface area contributed by atoms with Crippen LogP contribution in [0, 0.1) is 13.8 Å². The van der Waals surface area contributed by atoms with E-state index in [1.54, 1.807) is 0 Å². The highest BCUT2D eigenvalue weighted by molar-refractivity contribution is 14.1. The highest BCUT2D eigenvalue weighted by Gasteiger charge is 2.42. The molecule has 0 atom stereocenters. The van der Waals surface area contributed by atoms with E-state index in [2.05, 4.69) is 9.72 Å². The minimum atomic E-state index is -5.24. The van der Waals surface area contributed by atoms with E-state index < -0.39 is 38.3 Å². The van der Waals surface area contributed by atoms with Gasteiger partial charge in [-0.1, -0.05) is 0 Å². The Morgan fingerprint density at radius 1 is 1.26 bits per heavy atom. The Bertz CT molecular complexity index is 515. The van der Waals surface area contributed by atoms with Crippen LogP contribution in [-0.4, -0.2) is 16.3 Å². The highest BCUT2D eigenvalue weighted by Crippen LogP contribution is 2.39. The zero-order valence-corrected chi connectivity index (χ0v) is 10.5. The summed E-state index contributed by atoms with van der Waals surface area (Å²) in [6.07, 6.45) is -10.5. The smallest absolute Gasteiger partial charge is 0.401 e. The summed E-state index contributed by atoms with van der Waals surface area (Å²) in [4.78, 5) is 11.8. The van der Waals surface area contributed by atoms with Gasteiger partial charge in [-0.25, -0.2) is 0 Å². The van der Waals surface area contributed by atoms with E-state index in [1.165, 1.54) is 0 Å². The molecule has 0 aliphatic rings. The molecule has 1 aromatic heterocycles. The molecule has 0 bridgehead atoms. The van der Waals surface area contributed by atoms with Gasteiger partial charge in [-0.3, -0.25) is 0 Å². The number of ether oxygens (including phenoxy) is 1. The molecular weight excluding hydrogens is 401 g/mol. The second-order valence-corrected chi connectivity index (χ2v) is 3.97. The number of pyridine rings is 1. The van der Waals surface area contributed by atoms with Gasteiger partial charge in [0.1, 0.15) is 0 Å². The molecule has 0 aromatic carbocycles. The van der Waals surface area contributed by atoms with E-state index in [0.717, 1.165) is 22.6 Å². The van der Waals surface area contributed by atoms with Gasteiger partial charge in [0.05, 0.1) is 0 Å². The van der Waals surface area contributed by atoms with Gasteiger partial charge in [-0.05, 0) is 9.91 Å². The number of halogens is 7. The zero-order valence-electron chi connectivity index (χ0n) is 8.34. The molecule has 0 saturated heterocycles. The molecule has 0 spiro atoms. The largest absolute Gasteiger partial charge is 0.573 e. The lowest BCUT2D eigenvalue weighted by Crippen LogP contribution is -2.20. The minimum absolute atomic E-state index is 0.111. The quantitative estimate of drug-likeness (QED) is 0.250. The summed E-state index contributed by atoms with van der Waals surface area (Å²) in [7, 11) is 0. The van der Waals surface area contributed by atoms with Crippen LogP contribution in [0.1, 0.15) is 5.56 Å². The molecule has 0 aliphatic heterocycles. The molecule has 106 valence electrons. The number of nitrogens with zero attached hydrogens (tertiary/aromatic N) is 2. The Balaban J connectivity index is 3.43. The van der Waals surface area contributed by atoms with Crippen molar-refractivity contribution in [3.63, 3.8) is 0 Å². The maximum absolute atomic E-state index is 12.5. The van der Waals surface area contributed by atoms with Crippen LogP contribution in [0.5, 0.6) is 5.75 Å². The molecule has 1 heterocycles. The fraction of sp³-hybridized carbons (Fsp3) is 0.286. The van der Waals surface area contributed by atoms with Gasteiger partial charge in [0.25, 0.3) is 3.70 Å². The first-order valence-corrected chi connectivity index (χ1v) is 5.17. The van der Waals surface area contributed by atoms with E-state index in [4.69, 9.17) is 0 Å². The Kier molecular flexibility index (Phi) is 4.11. The highest BCUT2D eigenvalue weighted by atomic mass is 127. The molecular formula is C7HF6IN2O3. The third-order valence-electron chi connectivity index (χ3n) is 1.63. The second kappa shape index (κ2) is 4.97. The predicted octanol–water partition coefficient (Wildman–Crippen LogP) is 3.51. The van der Waals surface area contributed by atoms with Crippen molar-refractivity contribution in [2.45, 2.75) is 12.5 Å². The average molecular weight is 402 g/mol. The van der Waals surface area contributed by atoms with Crippen LogP contribution in [0.2, 0.25) is 0 Å². The maximum Gasteiger partial charge on any atom is 0.573 e. The zero-order chi connectivity index (χ0) is 15.0. The van der Waals surface area contributed by atoms with Gasteiger partial charge < -0.3 is 14.9 Å². The Morgan fingerprint density at radius 2 is 1.79 bits per heavy atom. The Hall–Kier alpha value is -1.34. The van der Waals surface area contributed by atoms with Gasteiger partial charge in [-0.2, -0.15) is 13.2 Å². The van der Waals surface area contributed by atoms with Crippen LogP contribution >= 0.6 is 22.6 Å². The van der Waals surface area contributed by atoms with Gasteiger partial charge in [0, 0.05) is 28.7 Å². The summed E-state index contributed by atoms with van der Waals surface area (Å²) >= 11 is 1.10. The molecule has 5 nitrogen and oxygen atoms in total. The summed E-state index contributed by atoms with van der Waals surface area (Å²) in [5.74, 6) is -2.85. The molecule has 0 saturated carbocycles. The first-order valence-electron chi connectivity index (χ1n) is 4.09. The monoisotopic (exact) mass is 402 g/mol. The third kappa shape index (κ3) is 4.07. The van der Waals surface area contributed by atoms with Crippen LogP contribution in [-0.2, 0) is 6.18 Å². The lowest BCUT2D eigenvalue weighted by molar-refractivity contribution is -0.393. The SMILES string of the molecule is O=[N+]([O-])c1nc(I)c(OC(F)(F)F)cc1C(F)(F)F. The summed E-state index contributed by atoms with van der Waals surface area (Å²) in [6.45, 7) is 0. The van der Waals surface area contributed by atoms with Crippen molar-refractivity contribution in [3.05, 3.63) is 25.4 Å². The molecule has 0 N–H and O–H groups in total. The molecule has 0 amide bonds. The van der Waals surface area contributed by atoms with Gasteiger partial charge in [0.15, 0.2) is 11.3 Å². The summed E-state index contributed by atoms with van der Waals surface area (Å²) < 4.78 is 75.8. The summed E-state index contributed by atoms with van der Waals surface area (Å²) in [5.41, 5.74) is -1.92. The number of aromatic nitrogens is 1. The van der Waals surface area contributed by atoms with E-state index in [-0.39, 0.29) is 6.07 Å². The molecule has 0 radical (unpaired) electrons. The van der Waals surface area contributed by atoms with Crippen molar-refractivity contribution in [3.8, 4) is 5.75 Å². The average Bonchev–Trinajstić information content (AvgIpc) is 2.16. The third-order valence-corrected chi connectivity index (χ3v) is 2.40. The first-order chi connectivity index (χ1) is 8.42. The van der Waals surface area contributed by atoms with Crippen molar-refractivity contribution >= 4 is 28.4 Å². The minimum Gasteiger partial charge on any atom is -0.401 e. The molecule has 1 rings (SSSR count). The number of alkyl halides is 6. The van der Waals surface area contributed by atoms with Gasteiger partial charge >= 0.3 is 18.4 Å². The van der Waals surface area contributed by atoms with Crippen LogP contribution in [0.25, 0.3) is 0 Å². The maximum atomic E-state index is 12.5. The van der Waals surface area contributed by atoms with Crippen molar-refractivity contribution in [1.82, 2.24) is 4.98 Å². The van der Waals surface area contributed by atoms with E-state index in [1.807, 2.05) is 0 Å².